The molecule has 1 aliphatic rings. The van der Waals surface area contributed by atoms with E-state index in [0.29, 0.717) is 20.8 Å². The van der Waals surface area contributed by atoms with E-state index in [2.05, 4.69) is 4.72 Å². The van der Waals surface area contributed by atoms with Gasteiger partial charge in [0.15, 0.2) is 0 Å². The smallest absolute Gasteiger partial charge is 0.341 e. The Kier molecular flexibility index (Phi) is 5.97. The first kappa shape index (κ1) is 22.0. The van der Waals surface area contributed by atoms with Gasteiger partial charge in [0.25, 0.3) is 10.0 Å². The van der Waals surface area contributed by atoms with Gasteiger partial charge in [-0.3, -0.25) is 14.1 Å². The molecule has 0 unspecified atom stereocenters. The highest BCUT2D eigenvalue weighted by atomic mass is 32.2. The summed E-state index contributed by atoms with van der Waals surface area (Å²) in [5.41, 5.74) is 1.94. The van der Waals surface area contributed by atoms with E-state index < -0.39 is 16.0 Å². The molecule has 2 heterocycles. The molecule has 166 valence electrons. The Morgan fingerprint density at radius 1 is 1.23 bits per heavy atom. The molecule has 3 aromatic rings. The van der Waals surface area contributed by atoms with E-state index in [-0.39, 0.29) is 22.4 Å². The number of benzene rings is 1. The molecule has 0 saturated carbocycles. The van der Waals surface area contributed by atoms with Gasteiger partial charge in [0.2, 0.25) is 0 Å². The standard InChI is InChI=1S/C21H24N2O5S3/c1-4-28-20(24)18-14-7-5-6-8-16(14)29-19(18)22-31(26,27)13-9-10-15-17(11-13)30-21(25)23(15)12(2)3/h9-12,22H,4-8H2,1-3H3. The molecule has 1 aliphatic carbocycles. The second-order valence-corrected chi connectivity index (χ2v) is 11.5. The summed E-state index contributed by atoms with van der Waals surface area (Å²) >= 11 is 2.33. The summed E-state index contributed by atoms with van der Waals surface area (Å²) in [4.78, 5) is 25.9. The molecule has 0 bridgehead atoms. The predicted molar refractivity (Wildman–Crippen MR) is 124 cm³/mol. The van der Waals surface area contributed by atoms with Crippen LogP contribution in [0.15, 0.2) is 27.9 Å². The van der Waals surface area contributed by atoms with Gasteiger partial charge in [0.05, 0.1) is 27.3 Å². The van der Waals surface area contributed by atoms with E-state index in [9.17, 15) is 18.0 Å². The molecule has 1 N–H and O–H groups in total. The molecular weight excluding hydrogens is 456 g/mol. The molecular formula is C21H24N2O5S3. The Hall–Kier alpha value is -2.17. The zero-order valence-electron chi connectivity index (χ0n) is 17.6. The van der Waals surface area contributed by atoms with E-state index in [0.717, 1.165) is 47.5 Å². The lowest BCUT2D eigenvalue weighted by Crippen LogP contribution is -2.16. The van der Waals surface area contributed by atoms with Crippen molar-refractivity contribution in [3.8, 4) is 0 Å². The van der Waals surface area contributed by atoms with Crippen molar-refractivity contribution in [3.05, 3.63) is 43.9 Å². The second kappa shape index (κ2) is 8.40. The van der Waals surface area contributed by atoms with Crippen LogP contribution in [0, 0.1) is 0 Å². The summed E-state index contributed by atoms with van der Waals surface area (Å²) in [6.07, 6.45) is 3.55. The van der Waals surface area contributed by atoms with E-state index in [1.165, 1.54) is 23.5 Å². The maximum atomic E-state index is 13.2. The minimum atomic E-state index is -3.95. The van der Waals surface area contributed by atoms with Crippen LogP contribution in [0.25, 0.3) is 10.2 Å². The van der Waals surface area contributed by atoms with E-state index in [1.54, 1.807) is 17.6 Å². The topological polar surface area (TPSA) is 94.5 Å². The summed E-state index contributed by atoms with van der Waals surface area (Å²) in [5, 5.41) is 0.304. The van der Waals surface area contributed by atoms with Crippen molar-refractivity contribution < 1.29 is 17.9 Å². The Morgan fingerprint density at radius 3 is 2.68 bits per heavy atom. The van der Waals surface area contributed by atoms with Gasteiger partial charge in [-0.05, 0) is 70.2 Å². The van der Waals surface area contributed by atoms with Gasteiger partial charge in [-0.25, -0.2) is 13.2 Å². The molecule has 7 nitrogen and oxygen atoms in total. The number of fused-ring (bicyclic) bond motifs is 2. The Morgan fingerprint density at radius 2 is 1.97 bits per heavy atom. The number of aromatic nitrogens is 1. The van der Waals surface area contributed by atoms with Crippen molar-refractivity contribution in [2.24, 2.45) is 0 Å². The number of sulfonamides is 1. The van der Waals surface area contributed by atoms with Gasteiger partial charge < -0.3 is 4.74 Å². The highest BCUT2D eigenvalue weighted by Gasteiger charge is 2.29. The summed E-state index contributed by atoms with van der Waals surface area (Å²) in [6.45, 7) is 5.77. The number of hydrogen-bond donors (Lipinski definition) is 1. The van der Waals surface area contributed by atoms with E-state index in [4.69, 9.17) is 4.74 Å². The number of rotatable bonds is 6. The van der Waals surface area contributed by atoms with Crippen LogP contribution in [0.5, 0.6) is 0 Å². The van der Waals surface area contributed by atoms with Crippen molar-refractivity contribution in [1.29, 1.82) is 0 Å². The fourth-order valence-corrected chi connectivity index (χ4v) is 7.65. The molecule has 4 rings (SSSR count). The monoisotopic (exact) mass is 480 g/mol. The van der Waals surface area contributed by atoms with E-state index >= 15 is 0 Å². The third kappa shape index (κ3) is 4.04. The highest BCUT2D eigenvalue weighted by molar-refractivity contribution is 7.93. The number of nitrogens with zero attached hydrogens (tertiary/aromatic N) is 1. The van der Waals surface area contributed by atoms with Crippen LogP contribution >= 0.6 is 22.7 Å². The Bertz CT molecular complexity index is 1310. The number of carbonyl (C=O) groups excluding carboxylic acids is 1. The fraction of sp³-hybridized carbons (Fsp3) is 0.429. The number of carbonyl (C=O) groups is 1. The van der Waals surface area contributed by atoms with Crippen molar-refractivity contribution in [2.45, 2.75) is 57.4 Å². The van der Waals surface area contributed by atoms with Crippen molar-refractivity contribution >= 4 is 53.9 Å². The van der Waals surface area contributed by atoms with Gasteiger partial charge in [-0.15, -0.1) is 11.3 Å². The largest absolute Gasteiger partial charge is 0.462 e. The summed E-state index contributed by atoms with van der Waals surface area (Å²) in [6, 6.07) is 4.65. The highest BCUT2D eigenvalue weighted by Crippen LogP contribution is 2.39. The summed E-state index contributed by atoms with van der Waals surface area (Å²) in [5.74, 6) is -0.498. The van der Waals surface area contributed by atoms with Crippen LogP contribution < -0.4 is 9.60 Å². The van der Waals surface area contributed by atoms with Crippen LogP contribution in [0.1, 0.15) is 60.5 Å². The zero-order valence-corrected chi connectivity index (χ0v) is 20.0. The maximum absolute atomic E-state index is 13.2. The van der Waals surface area contributed by atoms with Crippen molar-refractivity contribution in [2.75, 3.05) is 11.3 Å². The molecule has 31 heavy (non-hydrogen) atoms. The van der Waals surface area contributed by atoms with Crippen molar-refractivity contribution in [3.63, 3.8) is 0 Å². The molecule has 0 aliphatic heterocycles. The third-order valence-corrected chi connectivity index (χ3v) is 8.89. The SMILES string of the molecule is CCOC(=O)c1c(NS(=O)(=O)c2ccc3c(c2)sc(=O)n3C(C)C)sc2c1CCCC2. The number of thiophene rings is 1. The number of ether oxygens (including phenoxy) is 1. The van der Waals surface area contributed by atoms with Crippen LogP contribution in [0.2, 0.25) is 0 Å². The summed E-state index contributed by atoms with van der Waals surface area (Å²) in [7, 11) is -3.95. The molecule has 0 saturated heterocycles. The number of aryl methyl sites for hydroxylation is 1. The predicted octanol–water partition coefficient (Wildman–Crippen LogP) is 4.56. The number of esters is 1. The quantitative estimate of drug-likeness (QED) is 0.522. The Labute approximate surface area is 188 Å². The second-order valence-electron chi connectivity index (χ2n) is 7.70. The van der Waals surface area contributed by atoms with Gasteiger partial charge in [-0.1, -0.05) is 11.3 Å². The van der Waals surface area contributed by atoms with Crippen LogP contribution in [0.3, 0.4) is 0 Å². The number of anilines is 1. The molecule has 2 aromatic heterocycles. The lowest BCUT2D eigenvalue weighted by Gasteiger charge is -2.13. The lowest BCUT2D eigenvalue weighted by atomic mass is 9.95. The number of thiazole rings is 1. The first-order valence-electron chi connectivity index (χ1n) is 10.2. The molecule has 0 amide bonds. The lowest BCUT2D eigenvalue weighted by molar-refractivity contribution is 0.0526. The minimum Gasteiger partial charge on any atom is -0.462 e. The van der Waals surface area contributed by atoms with Crippen LogP contribution in [-0.4, -0.2) is 25.6 Å². The third-order valence-electron chi connectivity index (χ3n) is 5.29. The molecule has 0 spiro atoms. The number of hydrogen-bond acceptors (Lipinski definition) is 7. The van der Waals surface area contributed by atoms with E-state index in [1.807, 2.05) is 13.8 Å². The molecule has 0 radical (unpaired) electrons. The normalized spacial score (nSPS) is 14.1. The fourth-order valence-electron chi connectivity index (χ4n) is 3.91. The van der Waals surface area contributed by atoms with Crippen molar-refractivity contribution in [1.82, 2.24) is 4.57 Å². The Balaban J connectivity index is 1.75. The van der Waals surface area contributed by atoms with Crippen LogP contribution in [-0.2, 0) is 27.6 Å². The molecule has 0 atom stereocenters. The molecule has 0 fully saturated rings. The first-order valence-corrected chi connectivity index (χ1v) is 13.3. The maximum Gasteiger partial charge on any atom is 0.341 e. The summed E-state index contributed by atoms with van der Waals surface area (Å²) < 4.78 is 36.4. The molecule has 1 aromatic carbocycles. The first-order chi connectivity index (χ1) is 14.7. The minimum absolute atomic E-state index is 0.0218. The van der Waals surface area contributed by atoms with Gasteiger partial charge in [0, 0.05) is 10.9 Å². The number of nitrogens with one attached hydrogen (secondary N) is 1. The van der Waals surface area contributed by atoms with Gasteiger partial charge >= 0.3 is 10.8 Å². The van der Waals surface area contributed by atoms with Gasteiger partial charge in [0.1, 0.15) is 5.00 Å². The zero-order chi connectivity index (χ0) is 22.3. The van der Waals surface area contributed by atoms with Gasteiger partial charge in [-0.2, -0.15) is 0 Å². The van der Waals surface area contributed by atoms with Crippen LogP contribution in [0.4, 0.5) is 5.00 Å². The average Bonchev–Trinajstić information content (AvgIpc) is 3.23. The average molecular weight is 481 g/mol. The molecule has 10 heteroatoms.